The zero-order chi connectivity index (χ0) is 29.1. The summed E-state index contributed by atoms with van der Waals surface area (Å²) in [5.74, 6) is -0.388. The molecule has 1 amide bonds. The lowest BCUT2D eigenvalue weighted by Gasteiger charge is -2.30. The molecule has 9 heteroatoms. The van der Waals surface area contributed by atoms with Crippen molar-refractivity contribution in [1.82, 2.24) is 4.90 Å². The maximum Gasteiger partial charge on any atom is 0.223 e. The molecule has 2 N–H and O–H groups in total. The SMILES string of the molecule is COc1ccc([C@H](CC(=O)N2CCCCC2)c2c(O)cc(O)c3c(=O)cc(-c4ccccc4)oc23)c(OC)c1OC. The summed E-state index contributed by atoms with van der Waals surface area (Å²) in [6, 6.07) is 14.9. The van der Waals surface area contributed by atoms with E-state index < -0.39 is 17.1 Å². The fraction of sp³-hybridized carbons (Fsp3) is 0.312. The van der Waals surface area contributed by atoms with Crippen molar-refractivity contribution in [2.45, 2.75) is 31.6 Å². The van der Waals surface area contributed by atoms with E-state index in [9.17, 15) is 19.8 Å². The van der Waals surface area contributed by atoms with E-state index in [1.165, 1.54) is 27.4 Å². The van der Waals surface area contributed by atoms with E-state index in [0.29, 0.717) is 41.5 Å². The van der Waals surface area contributed by atoms with Crippen LogP contribution in [0.4, 0.5) is 0 Å². The van der Waals surface area contributed by atoms with Gasteiger partial charge in [0.05, 0.1) is 21.3 Å². The highest BCUT2D eigenvalue weighted by Gasteiger charge is 2.33. The highest BCUT2D eigenvalue weighted by Crippen LogP contribution is 2.49. The number of methoxy groups -OCH3 is 3. The molecule has 0 unspecified atom stereocenters. The van der Waals surface area contributed by atoms with Gasteiger partial charge in [-0.15, -0.1) is 0 Å². The van der Waals surface area contributed by atoms with Gasteiger partial charge in [0.1, 0.15) is 28.2 Å². The number of ether oxygens (including phenoxy) is 3. The van der Waals surface area contributed by atoms with Gasteiger partial charge in [-0.1, -0.05) is 36.4 Å². The molecular weight excluding hydrogens is 526 g/mol. The third kappa shape index (κ3) is 5.27. The topological polar surface area (TPSA) is 119 Å². The Morgan fingerprint density at radius 1 is 0.902 bits per heavy atom. The van der Waals surface area contributed by atoms with Crippen LogP contribution < -0.4 is 19.6 Å². The van der Waals surface area contributed by atoms with Crippen molar-refractivity contribution in [3.05, 3.63) is 75.9 Å². The van der Waals surface area contributed by atoms with Crippen LogP contribution in [-0.2, 0) is 4.79 Å². The molecule has 1 aromatic heterocycles. The molecule has 0 aliphatic carbocycles. The molecule has 5 rings (SSSR count). The van der Waals surface area contributed by atoms with Gasteiger partial charge in [-0.3, -0.25) is 9.59 Å². The standard InChI is InChI=1S/C32H33NO8/c1-38-25-13-12-20(30(39-2)31(25)40-3)21(16-27(37)33-14-8-5-9-15-33)28-22(34)17-23(35)29-24(36)18-26(41-32(28)29)19-10-6-4-7-11-19/h4,6-7,10-13,17-18,21,34-35H,5,8-9,14-16H2,1-3H3/t21-/m0/s1. The molecule has 1 saturated heterocycles. The van der Waals surface area contributed by atoms with E-state index in [2.05, 4.69) is 0 Å². The first kappa shape index (κ1) is 27.9. The first-order valence-electron chi connectivity index (χ1n) is 13.5. The molecule has 0 bridgehead atoms. The Bertz CT molecular complexity index is 1620. The van der Waals surface area contributed by atoms with Crippen LogP contribution in [0.15, 0.2) is 63.8 Å². The molecule has 0 radical (unpaired) electrons. The van der Waals surface area contributed by atoms with Crippen LogP contribution in [0.5, 0.6) is 28.7 Å². The molecule has 9 nitrogen and oxygen atoms in total. The zero-order valence-corrected chi connectivity index (χ0v) is 23.3. The molecule has 0 saturated carbocycles. The normalized spacial score (nSPS) is 14.1. The van der Waals surface area contributed by atoms with E-state index >= 15 is 0 Å². The van der Waals surface area contributed by atoms with Crippen molar-refractivity contribution in [2.75, 3.05) is 34.4 Å². The molecule has 1 aliphatic rings. The molecule has 2 heterocycles. The smallest absolute Gasteiger partial charge is 0.223 e. The number of aromatic hydroxyl groups is 2. The average Bonchev–Trinajstić information content (AvgIpc) is 2.99. The second-order valence-electron chi connectivity index (χ2n) is 10.00. The number of likely N-dealkylation sites (tertiary alicyclic amines) is 1. The molecule has 214 valence electrons. The van der Waals surface area contributed by atoms with Crippen LogP contribution in [0.2, 0.25) is 0 Å². The number of fused-ring (bicyclic) bond motifs is 1. The fourth-order valence-corrected chi connectivity index (χ4v) is 5.62. The van der Waals surface area contributed by atoms with Crippen LogP contribution >= 0.6 is 0 Å². The monoisotopic (exact) mass is 559 g/mol. The minimum atomic E-state index is -0.837. The van der Waals surface area contributed by atoms with Crippen molar-refractivity contribution >= 4 is 16.9 Å². The number of hydrogen-bond acceptors (Lipinski definition) is 8. The summed E-state index contributed by atoms with van der Waals surface area (Å²) in [4.78, 5) is 28.9. The number of rotatable bonds is 8. The van der Waals surface area contributed by atoms with Crippen LogP contribution in [0.3, 0.4) is 0 Å². The van der Waals surface area contributed by atoms with Gasteiger partial charge in [0.15, 0.2) is 16.9 Å². The maximum absolute atomic E-state index is 13.7. The number of piperidine rings is 1. The van der Waals surface area contributed by atoms with Crippen molar-refractivity contribution in [2.24, 2.45) is 0 Å². The number of phenols is 2. The molecular formula is C32H33NO8. The van der Waals surface area contributed by atoms with E-state index in [1.54, 1.807) is 24.3 Å². The summed E-state index contributed by atoms with van der Waals surface area (Å²) in [7, 11) is 4.47. The highest BCUT2D eigenvalue weighted by atomic mass is 16.5. The third-order valence-electron chi connectivity index (χ3n) is 7.60. The number of phenolic OH excluding ortho intramolecular Hbond substituents is 2. The highest BCUT2D eigenvalue weighted by molar-refractivity contribution is 5.91. The average molecular weight is 560 g/mol. The van der Waals surface area contributed by atoms with Gasteiger partial charge in [0, 0.05) is 54.3 Å². The summed E-state index contributed by atoms with van der Waals surface area (Å²) < 4.78 is 23.1. The van der Waals surface area contributed by atoms with E-state index in [4.69, 9.17) is 18.6 Å². The lowest BCUT2D eigenvalue weighted by Crippen LogP contribution is -2.36. The first-order valence-corrected chi connectivity index (χ1v) is 13.5. The van der Waals surface area contributed by atoms with Crippen molar-refractivity contribution < 1.29 is 33.6 Å². The Morgan fingerprint density at radius 3 is 2.27 bits per heavy atom. The van der Waals surface area contributed by atoms with Crippen molar-refractivity contribution in [3.8, 4) is 40.1 Å². The zero-order valence-electron chi connectivity index (χ0n) is 23.3. The molecule has 41 heavy (non-hydrogen) atoms. The summed E-state index contributed by atoms with van der Waals surface area (Å²) >= 11 is 0. The van der Waals surface area contributed by atoms with Gasteiger partial charge in [-0.2, -0.15) is 0 Å². The second-order valence-corrected chi connectivity index (χ2v) is 10.00. The molecule has 1 aliphatic heterocycles. The summed E-state index contributed by atoms with van der Waals surface area (Å²) in [6.45, 7) is 1.29. The Hall–Kier alpha value is -4.66. The number of carbonyl (C=O) groups is 1. The minimum Gasteiger partial charge on any atom is -0.507 e. The molecule has 1 fully saturated rings. The van der Waals surface area contributed by atoms with Gasteiger partial charge >= 0.3 is 0 Å². The molecule has 3 aromatic carbocycles. The summed E-state index contributed by atoms with van der Waals surface area (Å²) in [5.41, 5.74) is 0.852. The summed E-state index contributed by atoms with van der Waals surface area (Å²) in [6.07, 6.45) is 2.84. The van der Waals surface area contributed by atoms with E-state index in [0.717, 1.165) is 25.3 Å². The molecule has 4 aromatic rings. The van der Waals surface area contributed by atoms with Crippen LogP contribution in [0.25, 0.3) is 22.3 Å². The van der Waals surface area contributed by atoms with Gasteiger partial charge in [0.25, 0.3) is 0 Å². The minimum absolute atomic E-state index is 0.0119. The number of benzene rings is 3. The Balaban J connectivity index is 1.79. The number of hydrogen-bond donors (Lipinski definition) is 2. The van der Waals surface area contributed by atoms with Crippen molar-refractivity contribution in [1.29, 1.82) is 0 Å². The third-order valence-corrected chi connectivity index (χ3v) is 7.60. The van der Waals surface area contributed by atoms with Gasteiger partial charge in [-0.25, -0.2) is 0 Å². The molecule has 1 atom stereocenters. The maximum atomic E-state index is 13.7. The number of amides is 1. The van der Waals surface area contributed by atoms with Crippen LogP contribution in [0, 0.1) is 0 Å². The lowest BCUT2D eigenvalue weighted by molar-refractivity contribution is -0.132. The molecule has 0 spiro atoms. The Morgan fingerprint density at radius 2 is 1.61 bits per heavy atom. The van der Waals surface area contributed by atoms with Crippen molar-refractivity contribution in [3.63, 3.8) is 0 Å². The Kier molecular flexibility index (Phi) is 8.05. The van der Waals surface area contributed by atoms with Gasteiger partial charge < -0.3 is 33.7 Å². The number of nitrogens with zero attached hydrogens (tertiary/aromatic N) is 1. The predicted octanol–water partition coefficient (Wildman–Crippen LogP) is 5.43. The van der Waals surface area contributed by atoms with Crippen LogP contribution in [-0.4, -0.2) is 55.4 Å². The van der Waals surface area contributed by atoms with Gasteiger partial charge in [0.2, 0.25) is 11.7 Å². The van der Waals surface area contributed by atoms with E-state index in [1.807, 2.05) is 23.1 Å². The predicted molar refractivity (Wildman–Crippen MR) is 154 cm³/mol. The quantitative estimate of drug-likeness (QED) is 0.293. The Labute approximate surface area is 237 Å². The van der Waals surface area contributed by atoms with Gasteiger partial charge in [-0.05, 0) is 25.3 Å². The fourth-order valence-electron chi connectivity index (χ4n) is 5.62. The number of carbonyl (C=O) groups excluding carboxylic acids is 1. The first-order chi connectivity index (χ1) is 19.9. The van der Waals surface area contributed by atoms with E-state index in [-0.39, 0.29) is 40.4 Å². The van der Waals surface area contributed by atoms with Crippen LogP contribution in [0.1, 0.15) is 42.7 Å². The largest absolute Gasteiger partial charge is 0.507 e. The second kappa shape index (κ2) is 11.8. The summed E-state index contributed by atoms with van der Waals surface area (Å²) in [5, 5.41) is 22.0. The lowest BCUT2D eigenvalue weighted by atomic mass is 9.85.